The van der Waals surface area contributed by atoms with Crippen LogP contribution >= 0.6 is 0 Å². The smallest absolute Gasteiger partial charge is 0.329 e. The summed E-state index contributed by atoms with van der Waals surface area (Å²) >= 11 is 0. The van der Waals surface area contributed by atoms with Gasteiger partial charge >= 0.3 is 5.69 Å². The van der Waals surface area contributed by atoms with Gasteiger partial charge in [-0.2, -0.15) is 0 Å². The van der Waals surface area contributed by atoms with Crippen molar-refractivity contribution in [3.8, 4) is 0 Å². The second-order valence-corrected chi connectivity index (χ2v) is 3.47. The summed E-state index contributed by atoms with van der Waals surface area (Å²) in [6.07, 6.45) is 0.639. The van der Waals surface area contributed by atoms with Crippen molar-refractivity contribution in [3.05, 3.63) is 26.9 Å². The zero-order valence-electron chi connectivity index (χ0n) is 9.77. The molecule has 0 fully saturated rings. The SMILES string of the molecule is COCCOCCCn1c(N)cc(=O)[nH]c1=O. The molecule has 0 amide bonds. The minimum Gasteiger partial charge on any atom is -0.385 e. The zero-order valence-corrected chi connectivity index (χ0v) is 9.77. The maximum absolute atomic E-state index is 11.4. The van der Waals surface area contributed by atoms with Crippen molar-refractivity contribution >= 4 is 5.82 Å². The fourth-order valence-corrected chi connectivity index (χ4v) is 1.34. The monoisotopic (exact) mass is 243 g/mol. The number of hydrogen-bond donors (Lipinski definition) is 2. The van der Waals surface area contributed by atoms with Gasteiger partial charge in [0.2, 0.25) is 0 Å². The van der Waals surface area contributed by atoms with Gasteiger partial charge in [-0.1, -0.05) is 0 Å². The number of rotatable bonds is 7. The van der Waals surface area contributed by atoms with Crippen molar-refractivity contribution in [1.29, 1.82) is 0 Å². The third-order valence-electron chi connectivity index (χ3n) is 2.17. The molecule has 0 aliphatic heterocycles. The number of aromatic nitrogens is 2. The Morgan fingerprint density at radius 2 is 2.12 bits per heavy atom. The molecule has 1 aromatic heterocycles. The highest BCUT2D eigenvalue weighted by Crippen LogP contribution is 1.95. The molecule has 96 valence electrons. The van der Waals surface area contributed by atoms with Crippen molar-refractivity contribution in [2.45, 2.75) is 13.0 Å². The van der Waals surface area contributed by atoms with Crippen molar-refractivity contribution < 1.29 is 9.47 Å². The lowest BCUT2D eigenvalue weighted by molar-refractivity contribution is 0.0679. The average Bonchev–Trinajstić information content (AvgIpc) is 2.26. The van der Waals surface area contributed by atoms with Crippen LogP contribution in [0.4, 0.5) is 5.82 Å². The van der Waals surface area contributed by atoms with Gasteiger partial charge < -0.3 is 15.2 Å². The molecule has 0 spiro atoms. The van der Waals surface area contributed by atoms with E-state index in [1.165, 1.54) is 10.6 Å². The summed E-state index contributed by atoms with van der Waals surface area (Å²) < 4.78 is 11.4. The van der Waals surface area contributed by atoms with Crippen LogP contribution in [0.1, 0.15) is 6.42 Å². The van der Waals surface area contributed by atoms with Crippen molar-refractivity contribution in [3.63, 3.8) is 0 Å². The average molecular weight is 243 g/mol. The van der Waals surface area contributed by atoms with Crippen LogP contribution in [0.2, 0.25) is 0 Å². The predicted molar refractivity (Wildman–Crippen MR) is 63.0 cm³/mol. The van der Waals surface area contributed by atoms with E-state index in [4.69, 9.17) is 15.2 Å². The molecule has 3 N–H and O–H groups in total. The third-order valence-corrected chi connectivity index (χ3v) is 2.17. The molecule has 7 heteroatoms. The molecule has 0 bridgehead atoms. The maximum Gasteiger partial charge on any atom is 0.329 e. The number of nitrogen functional groups attached to an aromatic ring is 1. The van der Waals surface area contributed by atoms with Crippen molar-refractivity contribution in [2.24, 2.45) is 0 Å². The number of H-pyrrole nitrogens is 1. The standard InChI is InChI=1S/C10H17N3O4/c1-16-5-6-17-4-2-3-13-8(11)7-9(14)12-10(13)15/h7H,2-6,11H2,1H3,(H,12,14,15). The van der Waals surface area contributed by atoms with E-state index in [9.17, 15) is 9.59 Å². The minimum absolute atomic E-state index is 0.163. The largest absolute Gasteiger partial charge is 0.385 e. The molecule has 7 nitrogen and oxygen atoms in total. The first-order valence-electron chi connectivity index (χ1n) is 5.31. The lowest BCUT2D eigenvalue weighted by Gasteiger charge is -2.08. The highest BCUT2D eigenvalue weighted by Gasteiger charge is 2.02. The Labute approximate surface area is 98.2 Å². The fourth-order valence-electron chi connectivity index (χ4n) is 1.34. The molecule has 0 aliphatic rings. The van der Waals surface area contributed by atoms with Crippen molar-refractivity contribution in [2.75, 3.05) is 32.7 Å². The van der Waals surface area contributed by atoms with Gasteiger partial charge in [0.1, 0.15) is 5.82 Å². The van der Waals surface area contributed by atoms with E-state index in [0.717, 1.165) is 0 Å². The Balaban J connectivity index is 2.42. The van der Waals surface area contributed by atoms with Gasteiger partial charge in [0, 0.05) is 26.3 Å². The second kappa shape index (κ2) is 6.87. The molecule has 0 atom stereocenters. The maximum atomic E-state index is 11.4. The van der Waals surface area contributed by atoms with Gasteiger partial charge in [-0.15, -0.1) is 0 Å². The minimum atomic E-state index is -0.494. The van der Waals surface area contributed by atoms with Gasteiger partial charge in [-0.3, -0.25) is 14.3 Å². The molecular formula is C10H17N3O4. The molecule has 1 rings (SSSR count). The van der Waals surface area contributed by atoms with E-state index in [-0.39, 0.29) is 5.82 Å². The van der Waals surface area contributed by atoms with E-state index >= 15 is 0 Å². The van der Waals surface area contributed by atoms with Gasteiger partial charge in [-0.25, -0.2) is 4.79 Å². The lowest BCUT2D eigenvalue weighted by atomic mass is 10.4. The summed E-state index contributed by atoms with van der Waals surface area (Å²) in [5.74, 6) is 0.163. The molecule has 0 aliphatic carbocycles. The molecule has 0 saturated heterocycles. The highest BCUT2D eigenvalue weighted by molar-refractivity contribution is 5.25. The molecule has 0 aromatic carbocycles. The van der Waals surface area contributed by atoms with Crippen LogP contribution in [-0.4, -0.2) is 36.5 Å². The van der Waals surface area contributed by atoms with Crippen LogP contribution in [-0.2, 0) is 16.0 Å². The Bertz CT molecular complexity index is 452. The fraction of sp³-hybridized carbons (Fsp3) is 0.600. The lowest BCUT2D eigenvalue weighted by Crippen LogP contribution is -2.31. The summed E-state index contributed by atoms with van der Waals surface area (Å²) in [5, 5.41) is 0. The molecule has 0 saturated carbocycles. The summed E-state index contributed by atoms with van der Waals surface area (Å²) in [6.45, 7) is 1.98. The highest BCUT2D eigenvalue weighted by atomic mass is 16.5. The van der Waals surface area contributed by atoms with Crippen LogP contribution in [0.5, 0.6) is 0 Å². The summed E-state index contributed by atoms with van der Waals surface area (Å²) in [5.41, 5.74) is 4.59. The van der Waals surface area contributed by atoms with E-state index < -0.39 is 11.2 Å². The van der Waals surface area contributed by atoms with Crippen LogP contribution in [0, 0.1) is 0 Å². The quantitative estimate of drug-likeness (QED) is 0.609. The zero-order chi connectivity index (χ0) is 12.7. The molecule has 17 heavy (non-hydrogen) atoms. The van der Waals surface area contributed by atoms with E-state index in [0.29, 0.717) is 32.8 Å². The Hall–Kier alpha value is -1.60. The summed E-state index contributed by atoms with van der Waals surface area (Å²) in [7, 11) is 1.60. The predicted octanol–water partition coefficient (Wildman–Crippen LogP) is -0.828. The normalized spacial score (nSPS) is 10.6. The first-order valence-corrected chi connectivity index (χ1v) is 5.31. The van der Waals surface area contributed by atoms with Crippen LogP contribution in [0.15, 0.2) is 15.7 Å². The number of nitrogens with two attached hydrogens (primary N) is 1. The van der Waals surface area contributed by atoms with Gasteiger partial charge in [0.25, 0.3) is 5.56 Å². The number of anilines is 1. The first-order chi connectivity index (χ1) is 8.15. The Morgan fingerprint density at radius 1 is 1.35 bits per heavy atom. The third kappa shape index (κ3) is 4.41. The number of aromatic amines is 1. The van der Waals surface area contributed by atoms with Crippen molar-refractivity contribution in [1.82, 2.24) is 9.55 Å². The summed E-state index contributed by atoms with van der Waals surface area (Å²) in [4.78, 5) is 24.5. The number of ether oxygens (including phenoxy) is 2. The van der Waals surface area contributed by atoms with Gasteiger partial charge in [0.15, 0.2) is 0 Å². The molecule has 1 heterocycles. The first kappa shape index (κ1) is 13.5. The molecule has 1 aromatic rings. The Kier molecular flexibility index (Phi) is 5.44. The topological polar surface area (TPSA) is 99.3 Å². The number of hydrogen-bond acceptors (Lipinski definition) is 5. The van der Waals surface area contributed by atoms with Gasteiger partial charge in [-0.05, 0) is 6.42 Å². The Morgan fingerprint density at radius 3 is 2.76 bits per heavy atom. The number of nitrogens with one attached hydrogen (secondary N) is 1. The van der Waals surface area contributed by atoms with Crippen LogP contribution < -0.4 is 17.0 Å². The number of nitrogens with zero attached hydrogens (tertiary/aromatic N) is 1. The second-order valence-electron chi connectivity index (χ2n) is 3.47. The molecule has 0 unspecified atom stereocenters. The van der Waals surface area contributed by atoms with Crippen LogP contribution in [0.25, 0.3) is 0 Å². The summed E-state index contributed by atoms with van der Waals surface area (Å²) in [6, 6.07) is 1.19. The van der Waals surface area contributed by atoms with E-state index in [1.54, 1.807) is 7.11 Å². The molecular weight excluding hydrogens is 226 g/mol. The van der Waals surface area contributed by atoms with E-state index in [1.807, 2.05) is 0 Å². The van der Waals surface area contributed by atoms with E-state index in [2.05, 4.69) is 4.98 Å². The molecule has 0 radical (unpaired) electrons. The number of methoxy groups -OCH3 is 1. The van der Waals surface area contributed by atoms with Gasteiger partial charge in [0.05, 0.1) is 13.2 Å². The van der Waals surface area contributed by atoms with Crippen LogP contribution in [0.3, 0.4) is 0 Å².